The van der Waals surface area contributed by atoms with E-state index in [1.54, 1.807) is 17.0 Å². The van der Waals surface area contributed by atoms with Crippen LogP contribution in [0.3, 0.4) is 0 Å². The average Bonchev–Trinajstić information content (AvgIpc) is 3.40. The van der Waals surface area contributed by atoms with Crippen LogP contribution < -0.4 is 10.1 Å². The number of fused-ring (bicyclic) bond motifs is 2. The second-order valence-electron chi connectivity index (χ2n) is 11.2. The molecule has 0 saturated carbocycles. The van der Waals surface area contributed by atoms with Gasteiger partial charge in [-0.15, -0.1) is 6.42 Å². The third-order valence-electron chi connectivity index (χ3n) is 8.47. The maximum atomic E-state index is 14.2. The molecule has 1 N–H and O–H groups in total. The van der Waals surface area contributed by atoms with Crippen molar-refractivity contribution >= 4 is 28.6 Å². The number of carbonyl (C=O) groups is 3. The molecule has 9 nitrogen and oxygen atoms in total. The molecule has 2 aliphatic heterocycles. The number of carbonyl (C=O) groups excluding carboxylic acids is 3. The third-order valence-corrected chi connectivity index (χ3v) is 8.47. The fraction of sp³-hybridized carbons (Fsp3) is 0.250. The molecule has 0 bridgehead atoms. The topological polar surface area (TPSA) is 85.4 Å². The monoisotopic (exact) mass is 601 g/mol. The molecule has 4 amide bonds. The Labute approximate surface area is 262 Å². The standard InChI is InChI=1S/C36H35N5O4/c1-3-20-39(36(44)37-22-27-16-18-30(45-2)19-17-27)40-25-34(42)41-32(21-26-10-5-4-6-11-26)35(43)38(24-33(40)41)23-29-14-9-13-28-12-7-8-15-31(28)29/h1,4-19,32-33H,20-25H2,2H3,(H,37,44)/t32-,33+/m0/s1. The van der Waals surface area contributed by atoms with Gasteiger partial charge in [-0.1, -0.05) is 90.8 Å². The van der Waals surface area contributed by atoms with Crippen molar-refractivity contribution in [2.75, 3.05) is 26.7 Å². The van der Waals surface area contributed by atoms with Crippen LogP contribution in [0, 0.1) is 12.3 Å². The minimum atomic E-state index is -0.728. The number of ether oxygens (including phenoxy) is 1. The number of methoxy groups -OCH3 is 1. The molecule has 2 atom stereocenters. The summed E-state index contributed by atoms with van der Waals surface area (Å²) in [5, 5.41) is 8.23. The highest BCUT2D eigenvalue weighted by Crippen LogP contribution is 2.31. The first-order valence-corrected chi connectivity index (χ1v) is 15.0. The molecule has 2 fully saturated rings. The number of hydrazine groups is 1. The second-order valence-corrected chi connectivity index (χ2v) is 11.2. The van der Waals surface area contributed by atoms with E-state index < -0.39 is 18.2 Å². The van der Waals surface area contributed by atoms with Crippen LogP contribution in [-0.2, 0) is 29.1 Å². The lowest BCUT2D eigenvalue weighted by Gasteiger charge is -2.46. The smallest absolute Gasteiger partial charge is 0.333 e. The van der Waals surface area contributed by atoms with Crippen molar-refractivity contribution < 1.29 is 19.1 Å². The zero-order valence-electron chi connectivity index (χ0n) is 25.1. The van der Waals surface area contributed by atoms with Crippen molar-refractivity contribution in [1.82, 2.24) is 25.1 Å². The molecule has 0 aromatic heterocycles. The van der Waals surface area contributed by atoms with E-state index in [0.717, 1.165) is 33.2 Å². The van der Waals surface area contributed by atoms with Crippen molar-refractivity contribution in [2.45, 2.75) is 31.7 Å². The summed E-state index contributed by atoms with van der Waals surface area (Å²) in [5.74, 6) is 2.96. The summed E-state index contributed by atoms with van der Waals surface area (Å²) in [6.07, 6.45) is 5.53. The molecule has 45 heavy (non-hydrogen) atoms. The SMILES string of the molecule is C#CCN(C(=O)NCc1ccc(OC)cc1)N1CC(=O)N2[C@@H](Cc3ccccc3)C(=O)N(Cc3cccc4ccccc34)C[C@@H]21. The van der Waals surface area contributed by atoms with E-state index in [9.17, 15) is 14.4 Å². The predicted octanol–water partition coefficient (Wildman–Crippen LogP) is 4.03. The van der Waals surface area contributed by atoms with Crippen LogP contribution in [0.25, 0.3) is 10.8 Å². The molecule has 6 rings (SSSR count). The van der Waals surface area contributed by atoms with Crippen LogP contribution in [0.2, 0.25) is 0 Å². The van der Waals surface area contributed by atoms with Gasteiger partial charge >= 0.3 is 6.03 Å². The van der Waals surface area contributed by atoms with Crippen LogP contribution in [0.1, 0.15) is 16.7 Å². The van der Waals surface area contributed by atoms with E-state index in [4.69, 9.17) is 11.2 Å². The second kappa shape index (κ2) is 13.1. The zero-order chi connectivity index (χ0) is 31.3. The van der Waals surface area contributed by atoms with Crippen LogP contribution >= 0.6 is 0 Å². The molecule has 0 aliphatic carbocycles. The number of urea groups is 1. The van der Waals surface area contributed by atoms with Gasteiger partial charge in [0.25, 0.3) is 0 Å². The Hall–Kier alpha value is -5.33. The maximum absolute atomic E-state index is 14.2. The van der Waals surface area contributed by atoms with Gasteiger partial charge in [-0.25, -0.2) is 9.80 Å². The van der Waals surface area contributed by atoms with Gasteiger partial charge in [0.1, 0.15) is 18.0 Å². The number of nitrogens with zero attached hydrogens (tertiary/aromatic N) is 4. The van der Waals surface area contributed by atoms with Crippen molar-refractivity contribution in [1.29, 1.82) is 0 Å². The van der Waals surface area contributed by atoms with Gasteiger partial charge in [0.05, 0.1) is 26.7 Å². The minimum absolute atomic E-state index is 0.0350. The number of rotatable bonds is 9. The first-order valence-electron chi connectivity index (χ1n) is 15.0. The highest BCUT2D eigenvalue weighted by Gasteiger charge is 2.52. The molecule has 2 heterocycles. The molecule has 2 aliphatic rings. The van der Waals surface area contributed by atoms with Crippen molar-refractivity contribution in [3.63, 3.8) is 0 Å². The number of benzene rings is 4. The molecule has 9 heteroatoms. The summed E-state index contributed by atoms with van der Waals surface area (Å²) in [7, 11) is 1.60. The van der Waals surface area contributed by atoms with Gasteiger partial charge < -0.3 is 19.9 Å². The fourth-order valence-electron chi connectivity index (χ4n) is 6.24. The maximum Gasteiger partial charge on any atom is 0.333 e. The molecule has 228 valence electrons. The summed E-state index contributed by atoms with van der Waals surface area (Å²) in [6.45, 7) is 0.765. The Balaban J connectivity index is 1.29. The van der Waals surface area contributed by atoms with E-state index in [2.05, 4.69) is 29.4 Å². The predicted molar refractivity (Wildman–Crippen MR) is 171 cm³/mol. The Morgan fingerprint density at radius 1 is 0.956 bits per heavy atom. The summed E-state index contributed by atoms with van der Waals surface area (Å²) >= 11 is 0. The van der Waals surface area contributed by atoms with Gasteiger partial charge in [-0.3, -0.25) is 9.59 Å². The third kappa shape index (κ3) is 6.19. The molecular formula is C36H35N5O4. The fourth-order valence-corrected chi connectivity index (χ4v) is 6.24. The summed E-state index contributed by atoms with van der Waals surface area (Å²) < 4.78 is 5.22. The van der Waals surface area contributed by atoms with E-state index in [0.29, 0.717) is 13.0 Å². The number of nitrogens with one attached hydrogen (secondary N) is 1. The minimum Gasteiger partial charge on any atom is -0.497 e. The van der Waals surface area contributed by atoms with Crippen molar-refractivity contribution in [3.8, 4) is 18.1 Å². The van der Waals surface area contributed by atoms with E-state index in [-0.39, 0.29) is 38.0 Å². The molecule has 0 radical (unpaired) electrons. The van der Waals surface area contributed by atoms with E-state index in [1.165, 1.54) is 5.01 Å². The Bertz CT molecular complexity index is 1730. The Kier molecular flexibility index (Phi) is 8.67. The van der Waals surface area contributed by atoms with Gasteiger partial charge in [0, 0.05) is 19.5 Å². The van der Waals surface area contributed by atoms with E-state index >= 15 is 0 Å². The van der Waals surface area contributed by atoms with Crippen molar-refractivity contribution in [3.05, 3.63) is 114 Å². The normalized spacial score (nSPS) is 18.0. The van der Waals surface area contributed by atoms with Gasteiger partial charge in [-0.05, 0) is 39.6 Å². The number of hydrogen-bond acceptors (Lipinski definition) is 5. The number of amides is 4. The van der Waals surface area contributed by atoms with Crippen molar-refractivity contribution in [2.24, 2.45) is 0 Å². The largest absolute Gasteiger partial charge is 0.497 e. The quantitative estimate of drug-likeness (QED) is 0.293. The molecule has 0 unspecified atom stereocenters. The molecule has 0 spiro atoms. The average molecular weight is 602 g/mol. The number of hydrogen-bond donors (Lipinski definition) is 1. The lowest BCUT2D eigenvalue weighted by Crippen LogP contribution is -2.66. The lowest BCUT2D eigenvalue weighted by molar-refractivity contribution is -0.157. The first kappa shape index (κ1) is 29.7. The van der Waals surface area contributed by atoms with Crippen LogP contribution in [-0.4, -0.2) is 76.6 Å². The molecule has 4 aromatic carbocycles. The first-order chi connectivity index (χ1) is 22.0. The van der Waals surface area contributed by atoms with Gasteiger partial charge in [0.15, 0.2) is 0 Å². The Morgan fingerprint density at radius 3 is 2.44 bits per heavy atom. The lowest BCUT2D eigenvalue weighted by atomic mass is 9.99. The Morgan fingerprint density at radius 2 is 1.69 bits per heavy atom. The highest BCUT2D eigenvalue weighted by molar-refractivity contribution is 5.92. The van der Waals surface area contributed by atoms with Crippen LogP contribution in [0.5, 0.6) is 5.75 Å². The van der Waals surface area contributed by atoms with E-state index in [1.807, 2.05) is 83.8 Å². The zero-order valence-corrected chi connectivity index (χ0v) is 25.1. The van der Waals surface area contributed by atoms with Crippen LogP contribution in [0.4, 0.5) is 4.79 Å². The summed E-state index contributed by atoms with van der Waals surface area (Å²) in [4.78, 5) is 44.9. The molecule has 2 saturated heterocycles. The summed E-state index contributed by atoms with van der Waals surface area (Å²) in [6, 6.07) is 30.1. The molecule has 4 aromatic rings. The summed E-state index contributed by atoms with van der Waals surface area (Å²) in [5.41, 5.74) is 2.85. The molecular weight excluding hydrogens is 566 g/mol. The highest BCUT2D eigenvalue weighted by atomic mass is 16.5. The number of terminal acetylenes is 1. The van der Waals surface area contributed by atoms with Gasteiger partial charge in [0.2, 0.25) is 11.8 Å². The number of piperazine rings is 1. The van der Waals surface area contributed by atoms with Gasteiger partial charge in [-0.2, -0.15) is 5.01 Å². The van der Waals surface area contributed by atoms with Crippen LogP contribution in [0.15, 0.2) is 97.1 Å².